The number of carboxylic acid groups (broad SMARTS) is 1. The molecule has 1 aromatic heterocycles. The van der Waals surface area contributed by atoms with E-state index in [-0.39, 0.29) is 12.2 Å². The zero-order chi connectivity index (χ0) is 10.7. The summed E-state index contributed by atoms with van der Waals surface area (Å²) in [6.45, 7) is 1.51. The molecule has 0 aliphatic rings. The molecule has 0 aromatic carbocycles. The first-order valence-corrected chi connectivity index (χ1v) is 3.88. The van der Waals surface area contributed by atoms with Crippen molar-refractivity contribution in [2.24, 2.45) is 5.92 Å². The van der Waals surface area contributed by atoms with Gasteiger partial charge in [-0.2, -0.15) is 5.10 Å². The van der Waals surface area contributed by atoms with Gasteiger partial charge in [-0.25, -0.2) is 0 Å². The second-order valence-corrected chi connectivity index (χ2v) is 2.90. The molecule has 0 amide bonds. The summed E-state index contributed by atoms with van der Waals surface area (Å²) >= 11 is 0. The number of nitro groups is 1. The third kappa shape index (κ3) is 2.28. The summed E-state index contributed by atoms with van der Waals surface area (Å²) in [5.74, 6) is -1.93. The van der Waals surface area contributed by atoms with Crippen molar-refractivity contribution in [3.8, 4) is 0 Å². The summed E-state index contributed by atoms with van der Waals surface area (Å²) in [5.41, 5.74) is -0.157. The van der Waals surface area contributed by atoms with Crippen LogP contribution in [0.5, 0.6) is 0 Å². The molecular formula is C7H8N3O4-. The van der Waals surface area contributed by atoms with Gasteiger partial charge in [-0.1, -0.05) is 6.92 Å². The van der Waals surface area contributed by atoms with Gasteiger partial charge in [0, 0.05) is 18.4 Å². The summed E-state index contributed by atoms with van der Waals surface area (Å²) in [6, 6.07) is 0. The smallest absolute Gasteiger partial charge is 0.306 e. The van der Waals surface area contributed by atoms with Crippen LogP contribution >= 0.6 is 0 Å². The van der Waals surface area contributed by atoms with Gasteiger partial charge < -0.3 is 9.90 Å². The molecule has 0 spiro atoms. The van der Waals surface area contributed by atoms with Crippen LogP contribution in [0.3, 0.4) is 0 Å². The van der Waals surface area contributed by atoms with Crippen molar-refractivity contribution in [1.82, 2.24) is 9.78 Å². The highest BCUT2D eigenvalue weighted by Gasteiger charge is 2.10. The molecule has 0 radical (unpaired) electrons. The molecule has 0 saturated heterocycles. The molecule has 0 saturated carbocycles. The zero-order valence-electron chi connectivity index (χ0n) is 7.41. The molecule has 7 heteroatoms. The van der Waals surface area contributed by atoms with Gasteiger partial charge in [0.2, 0.25) is 0 Å². The van der Waals surface area contributed by atoms with Crippen molar-refractivity contribution in [2.45, 2.75) is 13.5 Å². The number of aliphatic carboxylic acids is 1. The standard InChI is InChI=1S/C7H9N3O4/c1-5(7(11)12)3-9-4-6(2-8-9)10(13)14/h2,4-5H,3H2,1H3,(H,11,12)/p-1. The third-order valence-corrected chi connectivity index (χ3v) is 1.69. The Morgan fingerprint density at radius 2 is 2.43 bits per heavy atom. The second kappa shape index (κ2) is 3.86. The molecule has 1 rings (SSSR count). The lowest BCUT2D eigenvalue weighted by Crippen LogP contribution is -2.32. The third-order valence-electron chi connectivity index (χ3n) is 1.69. The largest absolute Gasteiger partial charge is 0.550 e. The normalized spacial score (nSPS) is 12.4. The molecule has 0 fully saturated rings. The average molecular weight is 198 g/mol. The molecular weight excluding hydrogens is 190 g/mol. The lowest BCUT2D eigenvalue weighted by molar-refractivity contribution is -0.385. The van der Waals surface area contributed by atoms with E-state index in [0.29, 0.717) is 0 Å². The quantitative estimate of drug-likeness (QED) is 0.464. The Labute approximate surface area is 79.1 Å². The average Bonchev–Trinajstić information content (AvgIpc) is 2.52. The van der Waals surface area contributed by atoms with Crippen LogP contribution < -0.4 is 5.11 Å². The number of rotatable bonds is 4. The molecule has 0 aliphatic heterocycles. The van der Waals surface area contributed by atoms with Gasteiger partial charge in [-0.15, -0.1) is 0 Å². The molecule has 14 heavy (non-hydrogen) atoms. The van der Waals surface area contributed by atoms with Crippen molar-refractivity contribution >= 4 is 11.7 Å². The predicted molar refractivity (Wildman–Crippen MR) is 43.1 cm³/mol. The molecule has 1 unspecified atom stereocenters. The Kier molecular flexibility index (Phi) is 2.80. The maximum absolute atomic E-state index is 10.4. The van der Waals surface area contributed by atoms with Crippen LogP contribution in [-0.2, 0) is 11.3 Å². The van der Waals surface area contributed by atoms with Crippen LogP contribution in [0.1, 0.15) is 6.92 Å². The van der Waals surface area contributed by atoms with Gasteiger partial charge in [0.25, 0.3) is 0 Å². The molecule has 1 heterocycles. The summed E-state index contributed by atoms with van der Waals surface area (Å²) in [6.07, 6.45) is 2.25. The summed E-state index contributed by atoms with van der Waals surface area (Å²) in [5, 5.41) is 24.3. The van der Waals surface area contributed by atoms with Crippen molar-refractivity contribution in [2.75, 3.05) is 0 Å². The highest BCUT2D eigenvalue weighted by molar-refractivity contribution is 5.66. The monoisotopic (exact) mass is 198 g/mol. The van der Waals surface area contributed by atoms with E-state index in [2.05, 4.69) is 5.10 Å². The SMILES string of the molecule is CC(Cn1cc([N+](=O)[O-])cn1)C(=O)[O-]. The Morgan fingerprint density at radius 3 is 2.86 bits per heavy atom. The van der Waals surface area contributed by atoms with Crippen LogP contribution in [-0.4, -0.2) is 20.7 Å². The molecule has 1 aromatic rings. The van der Waals surface area contributed by atoms with Gasteiger partial charge in [-0.3, -0.25) is 14.8 Å². The van der Waals surface area contributed by atoms with E-state index in [1.807, 2.05) is 0 Å². The van der Waals surface area contributed by atoms with E-state index in [0.717, 1.165) is 6.20 Å². The number of nitrogens with zero attached hydrogens (tertiary/aromatic N) is 3. The van der Waals surface area contributed by atoms with Crippen LogP contribution in [0, 0.1) is 16.0 Å². The highest BCUT2D eigenvalue weighted by atomic mass is 16.6. The predicted octanol–water partition coefficient (Wildman–Crippen LogP) is -0.823. The number of aromatic nitrogens is 2. The van der Waals surface area contributed by atoms with E-state index in [1.165, 1.54) is 17.8 Å². The highest BCUT2D eigenvalue weighted by Crippen LogP contribution is 2.09. The van der Waals surface area contributed by atoms with Crippen LogP contribution in [0.4, 0.5) is 5.69 Å². The zero-order valence-corrected chi connectivity index (χ0v) is 7.41. The van der Waals surface area contributed by atoms with Crippen LogP contribution in [0.25, 0.3) is 0 Å². The number of hydrogen-bond acceptors (Lipinski definition) is 5. The topological polar surface area (TPSA) is 101 Å². The lowest BCUT2D eigenvalue weighted by Gasteiger charge is -2.11. The fourth-order valence-electron chi connectivity index (χ4n) is 0.902. The molecule has 0 aliphatic carbocycles. The minimum Gasteiger partial charge on any atom is -0.550 e. The molecule has 1 atom stereocenters. The van der Waals surface area contributed by atoms with E-state index >= 15 is 0 Å². The number of carbonyl (C=O) groups excluding carboxylic acids is 1. The van der Waals surface area contributed by atoms with Gasteiger partial charge in [-0.05, 0) is 0 Å². The van der Waals surface area contributed by atoms with Crippen molar-refractivity contribution in [3.05, 3.63) is 22.5 Å². The first-order chi connectivity index (χ1) is 6.50. The lowest BCUT2D eigenvalue weighted by atomic mass is 10.2. The fraction of sp³-hybridized carbons (Fsp3) is 0.429. The van der Waals surface area contributed by atoms with Crippen LogP contribution in [0.2, 0.25) is 0 Å². The molecule has 7 nitrogen and oxygen atoms in total. The van der Waals surface area contributed by atoms with Gasteiger partial charge in [0.15, 0.2) is 0 Å². The van der Waals surface area contributed by atoms with Crippen molar-refractivity contribution < 1.29 is 14.8 Å². The van der Waals surface area contributed by atoms with E-state index in [4.69, 9.17) is 0 Å². The Hall–Kier alpha value is -1.92. The Morgan fingerprint density at radius 1 is 1.79 bits per heavy atom. The molecule has 76 valence electrons. The van der Waals surface area contributed by atoms with E-state index < -0.39 is 16.8 Å². The molecule has 0 N–H and O–H groups in total. The summed E-state index contributed by atoms with van der Waals surface area (Å²) in [7, 11) is 0. The Bertz CT molecular complexity index is 360. The van der Waals surface area contributed by atoms with Crippen molar-refractivity contribution in [1.29, 1.82) is 0 Å². The minimum atomic E-state index is -1.21. The van der Waals surface area contributed by atoms with E-state index in [1.54, 1.807) is 0 Å². The minimum absolute atomic E-state index is 0.0656. The molecule has 0 bridgehead atoms. The van der Waals surface area contributed by atoms with Crippen molar-refractivity contribution in [3.63, 3.8) is 0 Å². The summed E-state index contributed by atoms with van der Waals surface area (Å²) in [4.78, 5) is 20.0. The second-order valence-electron chi connectivity index (χ2n) is 2.90. The fourth-order valence-corrected chi connectivity index (χ4v) is 0.902. The number of carboxylic acids is 1. The first kappa shape index (κ1) is 10.2. The van der Waals surface area contributed by atoms with Crippen LogP contribution in [0.15, 0.2) is 12.4 Å². The Balaban J connectivity index is 2.69. The van der Waals surface area contributed by atoms with Gasteiger partial charge >= 0.3 is 5.69 Å². The van der Waals surface area contributed by atoms with E-state index in [9.17, 15) is 20.0 Å². The van der Waals surface area contributed by atoms with Gasteiger partial charge in [0.1, 0.15) is 12.4 Å². The van der Waals surface area contributed by atoms with Gasteiger partial charge in [0.05, 0.1) is 4.92 Å². The number of carbonyl (C=O) groups is 1. The maximum atomic E-state index is 10.4. The maximum Gasteiger partial charge on any atom is 0.306 e. The number of hydrogen-bond donors (Lipinski definition) is 0. The summed E-state index contributed by atoms with van der Waals surface area (Å²) < 4.78 is 1.21. The first-order valence-electron chi connectivity index (χ1n) is 3.88.